The van der Waals surface area contributed by atoms with Crippen LogP contribution in [0.1, 0.15) is 45.9 Å². The second kappa shape index (κ2) is 8.91. The fourth-order valence-electron chi connectivity index (χ4n) is 2.91. The number of hydrogen-bond donors (Lipinski definition) is 2. The molecule has 2 N–H and O–H groups in total. The highest BCUT2D eigenvalue weighted by atomic mass is 32.1. The molecule has 0 spiro atoms. The van der Waals surface area contributed by atoms with Gasteiger partial charge in [-0.2, -0.15) is 0 Å². The van der Waals surface area contributed by atoms with Gasteiger partial charge >= 0.3 is 5.97 Å². The third-order valence-corrected chi connectivity index (χ3v) is 5.32. The van der Waals surface area contributed by atoms with Crippen LogP contribution in [0.2, 0.25) is 0 Å². The van der Waals surface area contributed by atoms with Crippen molar-refractivity contribution in [2.24, 2.45) is 0 Å². The molecule has 2 aromatic heterocycles. The highest BCUT2D eigenvalue weighted by molar-refractivity contribution is 7.16. The standard InChI is InChI=1S/C21H22N2O5S/c1-4-7-13-11-15(21(25)26-3)20(29-13)23-19(24)14-10-12-8-6-9-16(27-5-2)17(12)28-18(14)22/h6,8-11,22H,4-5,7H2,1-3H3,(H,23,24). The number of para-hydroxylation sites is 1. The zero-order chi connectivity index (χ0) is 21.0. The van der Waals surface area contributed by atoms with Gasteiger partial charge in [-0.25, -0.2) is 4.79 Å². The molecule has 0 fully saturated rings. The minimum Gasteiger partial charge on any atom is -0.490 e. The Labute approximate surface area is 171 Å². The second-order valence-electron chi connectivity index (χ2n) is 6.25. The molecule has 3 aromatic rings. The number of fused-ring (bicyclic) bond motifs is 1. The van der Waals surface area contributed by atoms with E-state index in [1.54, 1.807) is 30.3 Å². The predicted molar refractivity (Wildman–Crippen MR) is 111 cm³/mol. The molecular weight excluding hydrogens is 392 g/mol. The Morgan fingerprint density at radius 2 is 2.00 bits per heavy atom. The molecule has 0 aliphatic carbocycles. The van der Waals surface area contributed by atoms with Crippen LogP contribution in [0.4, 0.5) is 5.00 Å². The summed E-state index contributed by atoms with van der Waals surface area (Å²) in [6, 6.07) is 8.63. The maximum absolute atomic E-state index is 12.9. The van der Waals surface area contributed by atoms with Crippen LogP contribution in [0.25, 0.3) is 11.0 Å². The van der Waals surface area contributed by atoms with Gasteiger partial charge in [-0.1, -0.05) is 25.5 Å². The Balaban J connectivity index is 1.97. The first kappa shape index (κ1) is 20.6. The lowest BCUT2D eigenvalue weighted by molar-refractivity contribution is 0.0602. The number of anilines is 1. The molecule has 8 heteroatoms. The summed E-state index contributed by atoms with van der Waals surface area (Å²) < 4.78 is 15.9. The van der Waals surface area contributed by atoms with E-state index in [1.807, 2.05) is 13.8 Å². The molecule has 0 aliphatic heterocycles. The summed E-state index contributed by atoms with van der Waals surface area (Å²) in [7, 11) is 1.30. The van der Waals surface area contributed by atoms with Crippen molar-refractivity contribution in [1.82, 2.24) is 0 Å². The highest BCUT2D eigenvalue weighted by Gasteiger charge is 2.21. The number of benzene rings is 1. The molecule has 29 heavy (non-hydrogen) atoms. The molecule has 152 valence electrons. The maximum atomic E-state index is 12.9. The topological polar surface area (TPSA) is 102 Å². The van der Waals surface area contributed by atoms with E-state index in [0.717, 1.165) is 17.7 Å². The summed E-state index contributed by atoms with van der Waals surface area (Å²) >= 11 is 1.32. The molecule has 1 aromatic carbocycles. The van der Waals surface area contributed by atoms with Crippen molar-refractivity contribution in [1.29, 1.82) is 5.41 Å². The number of esters is 1. The number of nitrogens with one attached hydrogen (secondary N) is 2. The third kappa shape index (κ3) is 4.32. The van der Waals surface area contributed by atoms with Crippen LogP contribution in [0.15, 0.2) is 34.7 Å². The van der Waals surface area contributed by atoms with E-state index in [-0.39, 0.29) is 11.1 Å². The number of hydrogen-bond acceptors (Lipinski definition) is 7. The van der Waals surface area contributed by atoms with Gasteiger partial charge in [-0.05, 0) is 31.5 Å². The van der Waals surface area contributed by atoms with Crippen molar-refractivity contribution in [3.63, 3.8) is 0 Å². The number of methoxy groups -OCH3 is 1. The summed E-state index contributed by atoms with van der Waals surface area (Å²) in [5.74, 6) is -0.534. The maximum Gasteiger partial charge on any atom is 0.340 e. The lowest BCUT2D eigenvalue weighted by Crippen LogP contribution is -2.21. The van der Waals surface area contributed by atoms with E-state index in [1.165, 1.54) is 18.4 Å². The molecule has 0 aliphatic rings. The van der Waals surface area contributed by atoms with Crippen molar-refractivity contribution >= 4 is 39.2 Å². The molecule has 0 bridgehead atoms. The molecule has 1 amide bonds. The zero-order valence-electron chi connectivity index (χ0n) is 16.5. The Morgan fingerprint density at radius 1 is 1.21 bits per heavy atom. The number of amides is 1. The van der Waals surface area contributed by atoms with E-state index < -0.39 is 11.9 Å². The first-order valence-corrected chi connectivity index (χ1v) is 10.1. The molecule has 0 atom stereocenters. The van der Waals surface area contributed by atoms with Crippen molar-refractivity contribution in [2.75, 3.05) is 19.0 Å². The SMILES string of the molecule is CCCc1cc(C(=O)OC)c(NC(=O)c2cc3cccc(OCC)c3oc2=N)s1. The van der Waals surface area contributed by atoms with E-state index in [4.69, 9.17) is 19.3 Å². The molecule has 2 heterocycles. The molecule has 0 radical (unpaired) electrons. The summed E-state index contributed by atoms with van der Waals surface area (Å²) in [6.45, 7) is 4.35. The molecule has 0 unspecified atom stereocenters. The van der Waals surface area contributed by atoms with E-state index in [0.29, 0.717) is 33.9 Å². The molecule has 3 rings (SSSR count). The smallest absolute Gasteiger partial charge is 0.340 e. The van der Waals surface area contributed by atoms with E-state index >= 15 is 0 Å². The second-order valence-corrected chi connectivity index (χ2v) is 7.38. The largest absolute Gasteiger partial charge is 0.490 e. The summed E-state index contributed by atoms with van der Waals surface area (Å²) in [5.41, 5.74) is 0.490. The number of thiophene rings is 1. The van der Waals surface area contributed by atoms with Gasteiger partial charge in [0.15, 0.2) is 11.3 Å². The van der Waals surface area contributed by atoms with Gasteiger partial charge in [0, 0.05) is 10.3 Å². The summed E-state index contributed by atoms with van der Waals surface area (Å²) in [6.07, 6.45) is 1.71. The van der Waals surface area contributed by atoms with Crippen LogP contribution in [0, 0.1) is 5.41 Å². The van der Waals surface area contributed by atoms with Gasteiger partial charge in [0.05, 0.1) is 19.3 Å². The first-order valence-electron chi connectivity index (χ1n) is 9.25. The highest BCUT2D eigenvalue weighted by Crippen LogP contribution is 2.30. The lowest BCUT2D eigenvalue weighted by Gasteiger charge is -2.09. The monoisotopic (exact) mass is 414 g/mol. The van der Waals surface area contributed by atoms with Crippen LogP contribution in [0.3, 0.4) is 0 Å². The van der Waals surface area contributed by atoms with Crippen molar-refractivity contribution in [2.45, 2.75) is 26.7 Å². The van der Waals surface area contributed by atoms with Crippen molar-refractivity contribution < 1.29 is 23.5 Å². The molecule has 0 saturated heterocycles. The normalized spacial score (nSPS) is 10.7. The average Bonchev–Trinajstić information content (AvgIpc) is 3.10. The van der Waals surface area contributed by atoms with Gasteiger partial charge in [-0.15, -0.1) is 11.3 Å². The number of aryl methyl sites for hydroxylation is 1. The quantitative estimate of drug-likeness (QED) is 0.559. The lowest BCUT2D eigenvalue weighted by atomic mass is 10.1. The number of ether oxygens (including phenoxy) is 2. The fourth-order valence-corrected chi connectivity index (χ4v) is 4.05. The number of carbonyl (C=O) groups excluding carboxylic acids is 2. The minimum atomic E-state index is -0.530. The first-order chi connectivity index (χ1) is 14.0. The zero-order valence-corrected chi connectivity index (χ0v) is 17.3. The Bertz CT molecular complexity index is 1120. The van der Waals surface area contributed by atoms with E-state index in [2.05, 4.69) is 5.32 Å². The number of carbonyl (C=O) groups is 2. The van der Waals surface area contributed by atoms with Crippen molar-refractivity contribution in [3.05, 3.63) is 51.9 Å². The fraction of sp³-hybridized carbons (Fsp3) is 0.286. The van der Waals surface area contributed by atoms with Crippen LogP contribution >= 0.6 is 11.3 Å². The summed E-state index contributed by atoms with van der Waals surface area (Å²) in [5, 5.41) is 11.9. The Kier molecular flexibility index (Phi) is 6.33. The molecule has 7 nitrogen and oxygen atoms in total. The van der Waals surface area contributed by atoms with Gasteiger partial charge < -0.3 is 19.2 Å². The minimum absolute atomic E-state index is 0.0624. The van der Waals surface area contributed by atoms with Gasteiger partial charge in [0.25, 0.3) is 5.91 Å². The molecular formula is C21H22N2O5S. The van der Waals surface area contributed by atoms with Gasteiger partial charge in [0.2, 0.25) is 5.55 Å². The summed E-state index contributed by atoms with van der Waals surface area (Å²) in [4.78, 5) is 25.9. The van der Waals surface area contributed by atoms with Crippen molar-refractivity contribution in [3.8, 4) is 5.75 Å². The van der Waals surface area contributed by atoms with Crippen LogP contribution < -0.4 is 15.6 Å². The average molecular weight is 414 g/mol. The van der Waals surface area contributed by atoms with Crippen LogP contribution in [-0.2, 0) is 11.2 Å². The Morgan fingerprint density at radius 3 is 2.69 bits per heavy atom. The van der Waals surface area contributed by atoms with E-state index in [9.17, 15) is 9.59 Å². The third-order valence-electron chi connectivity index (χ3n) is 4.21. The predicted octanol–water partition coefficient (Wildman–Crippen LogP) is 4.36. The van der Waals surface area contributed by atoms with Crippen LogP contribution in [0.5, 0.6) is 5.75 Å². The molecule has 0 saturated carbocycles. The van der Waals surface area contributed by atoms with Gasteiger partial charge in [0.1, 0.15) is 10.6 Å². The van der Waals surface area contributed by atoms with Gasteiger partial charge in [-0.3, -0.25) is 10.2 Å². The number of rotatable bonds is 7. The van der Waals surface area contributed by atoms with Crippen LogP contribution in [-0.4, -0.2) is 25.6 Å². The Hall–Kier alpha value is -3.13.